The lowest BCUT2D eigenvalue weighted by Crippen LogP contribution is -2.30. The van der Waals surface area contributed by atoms with Crippen molar-refractivity contribution in [2.45, 2.75) is 18.9 Å². The molecule has 14 nitrogen and oxygen atoms in total. The lowest BCUT2D eigenvalue weighted by Gasteiger charge is -2.18. The molecule has 236 valence electrons. The number of carbonyl (C=O) groups excluding carboxylic acids is 1. The Morgan fingerprint density at radius 1 is 1.18 bits per heavy atom. The molecule has 0 aliphatic carbocycles. The number of rotatable bonds is 12. The van der Waals surface area contributed by atoms with Crippen LogP contribution in [0.2, 0.25) is 10.2 Å². The Bertz CT molecular complexity index is 1740. The molecule has 0 fully saturated rings. The molecular formula is C29H31Cl2N9O5. The summed E-state index contributed by atoms with van der Waals surface area (Å²) in [6.45, 7) is 1.22. The number of anilines is 2. The number of fused-ring (bicyclic) bond motifs is 1. The number of nitrogens with one attached hydrogen (secondary N) is 2. The van der Waals surface area contributed by atoms with E-state index in [9.17, 15) is 9.59 Å². The van der Waals surface area contributed by atoms with Crippen LogP contribution in [0.1, 0.15) is 24.0 Å². The average Bonchev–Trinajstić information content (AvgIpc) is 3.63. The molecule has 5 rings (SSSR count). The Hall–Kier alpha value is -4.47. The number of aryl methyl sites for hydroxylation is 1. The molecule has 0 radical (unpaired) electrons. The van der Waals surface area contributed by atoms with E-state index in [1.165, 1.54) is 17.4 Å². The fraction of sp³-hybridized carbons (Fsp3) is 0.276. The first-order chi connectivity index (χ1) is 21.8. The highest BCUT2D eigenvalue weighted by Crippen LogP contribution is 2.37. The predicted molar refractivity (Wildman–Crippen MR) is 171 cm³/mol. The maximum atomic E-state index is 13.5. The van der Waals surface area contributed by atoms with Crippen molar-refractivity contribution in [3.8, 4) is 22.4 Å². The second kappa shape index (κ2) is 14.5. The minimum atomic E-state index is -0.655. The lowest BCUT2D eigenvalue weighted by molar-refractivity contribution is 0.0447. The molecule has 0 spiro atoms. The van der Waals surface area contributed by atoms with Gasteiger partial charge in [0.15, 0.2) is 5.15 Å². The number of pyridine rings is 2. The summed E-state index contributed by atoms with van der Waals surface area (Å²) in [6, 6.07) is 11.6. The number of aromatic nitrogens is 4. The van der Waals surface area contributed by atoms with Gasteiger partial charge < -0.3 is 29.6 Å². The van der Waals surface area contributed by atoms with E-state index in [1.807, 2.05) is 6.07 Å². The number of hydrogen-bond donors (Lipinski definition) is 4. The standard InChI is InChI=1S/C29H31Cl2N9O5/c1-43-8-9-44-10-11-45-29(42)36-24-7-2-17(15-34-24)26-27(31)38-28(37-26)23-6-4-20-12-18(13-25(41)40(20)23)21-14-19(30)3-5-22(21)39(33)16-35-32/h2-3,5,7,12-16,23H,4,6,8-11,32-33H2,1H3,(H,37,38)(H,34,36,42)/b35-16-/t23-/m0/s1. The van der Waals surface area contributed by atoms with Gasteiger partial charge in [-0.1, -0.05) is 23.2 Å². The number of methoxy groups -OCH3 is 1. The molecule has 0 unspecified atom stereocenters. The van der Waals surface area contributed by atoms with E-state index in [0.29, 0.717) is 70.8 Å². The summed E-state index contributed by atoms with van der Waals surface area (Å²) in [5.41, 5.74) is 3.67. The number of nitrogens with two attached hydrogens (primary N) is 2. The summed E-state index contributed by atoms with van der Waals surface area (Å²) in [5, 5.41) is 8.02. The summed E-state index contributed by atoms with van der Waals surface area (Å²) in [7, 11) is 1.58. The van der Waals surface area contributed by atoms with Gasteiger partial charge in [-0.2, -0.15) is 5.10 Å². The third-order valence-corrected chi connectivity index (χ3v) is 7.55. The highest BCUT2D eigenvalue weighted by molar-refractivity contribution is 6.32. The van der Waals surface area contributed by atoms with Crippen molar-refractivity contribution >= 4 is 47.1 Å². The lowest BCUT2D eigenvalue weighted by atomic mass is 10.0. The molecule has 1 atom stereocenters. The highest BCUT2D eigenvalue weighted by Gasteiger charge is 2.29. The zero-order chi connectivity index (χ0) is 31.9. The summed E-state index contributed by atoms with van der Waals surface area (Å²) in [6.07, 6.45) is 3.42. The quantitative estimate of drug-likeness (QED) is 0.0572. The van der Waals surface area contributed by atoms with Crippen LogP contribution in [0, 0.1) is 0 Å². The number of amides is 1. The molecular weight excluding hydrogens is 625 g/mol. The number of H-pyrrole nitrogens is 1. The largest absolute Gasteiger partial charge is 0.447 e. The van der Waals surface area contributed by atoms with Crippen molar-refractivity contribution in [3.05, 3.63) is 80.7 Å². The van der Waals surface area contributed by atoms with Crippen molar-refractivity contribution in [3.63, 3.8) is 0 Å². The van der Waals surface area contributed by atoms with E-state index in [0.717, 1.165) is 5.69 Å². The van der Waals surface area contributed by atoms with Crippen molar-refractivity contribution in [2.24, 2.45) is 16.8 Å². The number of benzene rings is 1. The molecule has 1 aliphatic rings. The molecule has 45 heavy (non-hydrogen) atoms. The number of halogens is 2. The fourth-order valence-corrected chi connectivity index (χ4v) is 5.44. The number of carbonyl (C=O) groups is 1. The molecule has 0 saturated heterocycles. The van der Waals surface area contributed by atoms with Gasteiger partial charge in [-0.15, -0.1) is 0 Å². The van der Waals surface area contributed by atoms with Gasteiger partial charge in [-0.3, -0.25) is 15.1 Å². The van der Waals surface area contributed by atoms with Gasteiger partial charge in [0.1, 0.15) is 24.6 Å². The number of hydrogen-bond acceptors (Lipinski definition) is 10. The zero-order valence-electron chi connectivity index (χ0n) is 24.2. The monoisotopic (exact) mass is 655 g/mol. The van der Waals surface area contributed by atoms with Crippen LogP contribution < -0.4 is 27.6 Å². The minimum Gasteiger partial charge on any atom is -0.447 e. The molecule has 0 bridgehead atoms. The first kappa shape index (κ1) is 31.9. The molecule has 4 heterocycles. The minimum absolute atomic E-state index is 0.0902. The Morgan fingerprint density at radius 3 is 2.76 bits per heavy atom. The molecule has 1 amide bonds. The van der Waals surface area contributed by atoms with E-state index < -0.39 is 6.09 Å². The van der Waals surface area contributed by atoms with Crippen LogP contribution in [0.4, 0.5) is 16.3 Å². The Labute approximate surface area is 267 Å². The van der Waals surface area contributed by atoms with E-state index in [1.54, 1.807) is 48.2 Å². The smallest absolute Gasteiger partial charge is 0.412 e. The van der Waals surface area contributed by atoms with Gasteiger partial charge in [0, 0.05) is 41.2 Å². The van der Waals surface area contributed by atoms with Crippen LogP contribution in [-0.2, 0) is 20.6 Å². The van der Waals surface area contributed by atoms with E-state index in [2.05, 4.69) is 25.4 Å². The normalized spacial score (nSPS) is 14.1. The highest BCUT2D eigenvalue weighted by atomic mass is 35.5. The summed E-state index contributed by atoms with van der Waals surface area (Å²) >= 11 is 12.8. The number of hydrazine groups is 1. The van der Waals surface area contributed by atoms with Crippen LogP contribution in [-0.4, -0.2) is 65.5 Å². The number of aromatic amines is 1. The average molecular weight is 657 g/mol. The van der Waals surface area contributed by atoms with E-state index in [-0.39, 0.29) is 30.0 Å². The maximum absolute atomic E-state index is 13.5. The second-order valence-electron chi connectivity index (χ2n) is 9.92. The molecule has 1 aliphatic heterocycles. The number of imidazole rings is 1. The van der Waals surface area contributed by atoms with Crippen LogP contribution >= 0.6 is 23.2 Å². The van der Waals surface area contributed by atoms with Crippen molar-refractivity contribution < 1.29 is 19.0 Å². The second-order valence-corrected chi connectivity index (χ2v) is 10.7. The third-order valence-electron chi connectivity index (χ3n) is 7.04. The van der Waals surface area contributed by atoms with Gasteiger partial charge >= 0.3 is 6.09 Å². The topological polar surface area (TPSA) is 188 Å². The fourth-order valence-electron chi connectivity index (χ4n) is 5.02. The Balaban J connectivity index is 1.31. The van der Waals surface area contributed by atoms with Gasteiger partial charge in [-0.05, 0) is 54.8 Å². The Kier molecular flexibility index (Phi) is 10.3. The first-order valence-electron chi connectivity index (χ1n) is 13.8. The van der Waals surface area contributed by atoms with E-state index >= 15 is 0 Å². The van der Waals surface area contributed by atoms with Gasteiger partial charge in [-0.25, -0.2) is 20.6 Å². The van der Waals surface area contributed by atoms with Gasteiger partial charge in [0.05, 0.1) is 37.2 Å². The number of ether oxygens (including phenoxy) is 3. The third kappa shape index (κ3) is 7.44. The molecule has 16 heteroatoms. The molecule has 4 aromatic rings. The van der Waals surface area contributed by atoms with Gasteiger partial charge in [0.2, 0.25) is 0 Å². The van der Waals surface area contributed by atoms with Crippen LogP contribution in [0.15, 0.2) is 58.6 Å². The number of nitrogens with zero attached hydrogens (tertiary/aromatic N) is 5. The first-order valence-corrected chi connectivity index (χ1v) is 14.6. The molecule has 6 N–H and O–H groups in total. The maximum Gasteiger partial charge on any atom is 0.412 e. The van der Waals surface area contributed by atoms with Crippen molar-refractivity contribution in [2.75, 3.05) is 43.9 Å². The molecule has 0 saturated carbocycles. The van der Waals surface area contributed by atoms with Crippen molar-refractivity contribution in [1.29, 1.82) is 0 Å². The molecule has 3 aromatic heterocycles. The number of hydrazone groups is 1. The van der Waals surface area contributed by atoms with Gasteiger partial charge in [0.25, 0.3) is 5.56 Å². The van der Waals surface area contributed by atoms with Crippen LogP contribution in [0.3, 0.4) is 0 Å². The van der Waals surface area contributed by atoms with E-state index in [4.69, 9.17) is 49.1 Å². The molecule has 1 aromatic carbocycles. The van der Waals surface area contributed by atoms with Crippen molar-refractivity contribution in [1.82, 2.24) is 19.5 Å². The Morgan fingerprint density at radius 2 is 2.00 bits per heavy atom. The van der Waals surface area contributed by atoms with Crippen LogP contribution in [0.25, 0.3) is 22.4 Å². The van der Waals surface area contributed by atoms with Crippen LogP contribution in [0.5, 0.6) is 0 Å². The zero-order valence-corrected chi connectivity index (χ0v) is 25.7. The summed E-state index contributed by atoms with van der Waals surface area (Å²) in [5.74, 6) is 12.2. The summed E-state index contributed by atoms with van der Waals surface area (Å²) < 4.78 is 16.9. The predicted octanol–water partition coefficient (Wildman–Crippen LogP) is 3.94. The SMILES string of the molecule is COCCOCCOC(=O)Nc1ccc(-c2[nH]c([C@@H]3CCc4cc(-c5cc(Cl)ccc5N(N)/C=N\N)cc(=O)n43)nc2Cl)cn1. The summed E-state index contributed by atoms with van der Waals surface area (Å²) in [4.78, 5) is 37.6.